The number of halogens is 2. The van der Waals surface area contributed by atoms with Gasteiger partial charge in [-0.25, -0.2) is 23.5 Å². The summed E-state index contributed by atoms with van der Waals surface area (Å²) in [6, 6.07) is 19.1. The van der Waals surface area contributed by atoms with Crippen LogP contribution in [0.5, 0.6) is 5.75 Å². The van der Waals surface area contributed by atoms with Crippen molar-refractivity contribution >= 4 is 12.0 Å². The van der Waals surface area contributed by atoms with Gasteiger partial charge in [0.25, 0.3) is 0 Å². The number of carbonyl (C=O) groups is 1. The molecule has 8 nitrogen and oxygen atoms in total. The van der Waals surface area contributed by atoms with E-state index in [9.17, 15) is 9.18 Å². The Hall–Kier alpha value is -4.57. The molecule has 3 aliphatic rings. The van der Waals surface area contributed by atoms with Crippen LogP contribution in [-0.2, 0) is 4.74 Å². The van der Waals surface area contributed by atoms with Crippen LogP contribution in [0.4, 0.5) is 19.5 Å². The number of piperidine rings is 1. The van der Waals surface area contributed by atoms with E-state index in [4.69, 9.17) is 9.47 Å². The zero-order valence-electron chi connectivity index (χ0n) is 25.7. The number of nitrogens with one attached hydrogen (secondary N) is 2. The molecule has 4 aromatic rings. The molecule has 0 unspecified atom stereocenters. The van der Waals surface area contributed by atoms with Gasteiger partial charge in [-0.05, 0) is 84.8 Å². The van der Waals surface area contributed by atoms with Crippen molar-refractivity contribution in [1.82, 2.24) is 20.6 Å². The van der Waals surface area contributed by atoms with Crippen molar-refractivity contribution in [2.24, 2.45) is 5.92 Å². The van der Waals surface area contributed by atoms with Gasteiger partial charge in [-0.15, -0.1) is 0 Å². The van der Waals surface area contributed by atoms with Gasteiger partial charge < -0.3 is 25.0 Å². The van der Waals surface area contributed by atoms with E-state index >= 15 is 4.39 Å². The number of aromatic nitrogens is 2. The molecule has 3 aromatic carbocycles. The van der Waals surface area contributed by atoms with Gasteiger partial charge in [-0.1, -0.05) is 48.5 Å². The SMILES string of the molecule is C[C@H](Oc1cnc(N2C[C@H](NC(=O)OCC3c4ccccc4-c4ccccc43)[C@@H](c3cc(F)ccc3F)C2)nc1)C1CCNCC1. The number of nitrogens with zero attached hydrogens (tertiary/aromatic N) is 3. The second-order valence-electron chi connectivity index (χ2n) is 12.4. The topological polar surface area (TPSA) is 88.6 Å². The summed E-state index contributed by atoms with van der Waals surface area (Å²) >= 11 is 0. The number of amides is 1. The van der Waals surface area contributed by atoms with Crippen LogP contribution in [0, 0.1) is 17.6 Å². The van der Waals surface area contributed by atoms with Crippen molar-refractivity contribution in [3.05, 3.63) is 107 Å². The van der Waals surface area contributed by atoms with Gasteiger partial charge in [-0.3, -0.25) is 0 Å². The molecule has 2 N–H and O–H groups in total. The third kappa shape index (κ3) is 6.13. The molecule has 238 valence electrons. The molecule has 0 radical (unpaired) electrons. The van der Waals surface area contributed by atoms with Crippen LogP contribution in [-0.4, -0.2) is 61.0 Å². The maximum atomic E-state index is 15.0. The van der Waals surface area contributed by atoms with Crippen molar-refractivity contribution in [3.8, 4) is 16.9 Å². The second kappa shape index (κ2) is 13.0. The summed E-state index contributed by atoms with van der Waals surface area (Å²) < 4.78 is 41.3. The predicted molar refractivity (Wildman–Crippen MR) is 171 cm³/mol. The number of alkyl carbamates (subject to hydrolysis) is 1. The number of benzene rings is 3. The van der Waals surface area contributed by atoms with Crippen molar-refractivity contribution in [1.29, 1.82) is 0 Å². The van der Waals surface area contributed by atoms with Crippen molar-refractivity contribution in [2.45, 2.75) is 43.7 Å². The lowest BCUT2D eigenvalue weighted by molar-refractivity contribution is 0.127. The molecule has 3 atom stereocenters. The van der Waals surface area contributed by atoms with Crippen LogP contribution in [0.3, 0.4) is 0 Å². The zero-order valence-corrected chi connectivity index (χ0v) is 25.7. The van der Waals surface area contributed by atoms with E-state index < -0.39 is 29.7 Å². The maximum absolute atomic E-state index is 15.0. The fraction of sp³-hybridized carbons (Fsp3) is 0.361. The molecule has 3 heterocycles. The molecule has 2 saturated heterocycles. The lowest BCUT2D eigenvalue weighted by atomic mass is 9.93. The molecule has 0 saturated carbocycles. The quantitative estimate of drug-likeness (QED) is 0.247. The summed E-state index contributed by atoms with van der Waals surface area (Å²) in [4.78, 5) is 24.2. The highest BCUT2D eigenvalue weighted by molar-refractivity contribution is 5.79. The Morgan fingerprint density at radius 1 is 0.957 bits per heavy atom. The molecule has 0 spiro atoms. The molecule has 0 bridgehead atoms. The summed E-state index contributed by atoms with van der Waals surface area (Å²) in [5.74, 6) is -0.279. The van der Waals surface area contributed by atoms with Crippen LogP contribution < -0.4 is 20.3 Å². The molecule has 1 aliphatic carbocycles. The van der Waals surface area contributed by atoms with E-state index in [1.165, 1.54) is 6.07 Å². The van der Waals surface area contributed by atoms with Crippen molar-refractivity contribution in [3.63, 3.8) is 0 Å². The van der Waals surface area contributed by atoms with Crippen LogP contribution in [0.2, 0.25) is 0 Å². The van der Waals surface area contributed by atoms with Crippen LogP contribution in [0.25, 0.3) is 11.1 Å². The Morgan fingerprint density at radius 2 is 1.63 bits per heavy atom. The van der Waals surface area contributed by atoms with E-state index in [-0.39, 0.29) is 37.3 Å². The van der Waals surface area contributed by atoms with Crippen LogP contribution in [0.1, 0.15) is 48.3 Å². The van der Waals surface area contributed by atoms with E-state index in [2.05, 4.69) is 51.8 Å². The Balaban J connectivity index is 1.05. The summed E-state index contributed by atoms with van der Waals surface area (Å²) in [6.07, 6.45) is 4.82. The highest BCUT2D eigenvalue weighted by Crippen LogP contribution is 2.44. The Bertz CT molecular complexity index is 1650. The predicted octanol–water partition coefficient (Wildman–Crippen LogP) is 6.03. The first-order valence-electron chi connectivity index (χ1n) is 16.0. The van der Waals surface area contributed by atoms with Crippen LogP contribution in [0.15, 0.2) is 79.1 Å². The van der Waals surface area contributed by atoms with Gasteiger partial charge >= 0.3 is 6.09 Å². The summed E-state index contributed by atoms with van der Waals surface area (Å²) in [5.41, 5.74) is 4.67. The minimum absolute atomic E-state index is 0.0365. The second-order valence-corrected chi connectivity index (χ2v) is 12.4. The molecule has 1 amide bonds. The van der Waals surface area contributed by atoms with E-state index in [1.807, 2.05) is 29.2 Å². The number of fused-ring (bicyclic) bond motifs is 3. The van der Waals surface area contributed by atoms with Crippen LogP contribution >= 0.6 is 0 Å². The summed E-state index contributed by atoms with van der Waals surface area (Å²) in [5, 5.41) is 6.31. The number of hydrogen-bond acceptors (Lipinski definition) is 7. The molecule has 2 aliphatic heterocycles. The summed E-state index contributed by atoms with van der Waals surface area (Å²) in [7, 11) is 0. The van der Waals surface area contributed by atoms with Gasteiger partial charge in [0.1, 0.15) is 18.2 Å². The molecule has 46 heavy (non-hydrogen) atoms. The van der Waals surface area contributed by atoms with Crippen molar-refractivity contribution in [2.75, 3.05) is 37.7 Å². The average molecular weight is 626 g/mol. The lowest BCUT2D eigenvalue weighted by Crippen LogP contribution is -2.41. The number of rotatable bonds is 8. The third-order valence-electron chi connectivity index (χ3n) is 9.59. The van der Waals surface area contributed by atoms with Crippen molar-refractivity contribution < 1.29 is 23.0 Å². The van der Waals surface area contributed by atoms with Gasteiger partial charge in [0.2, 0.25) is 5.95 Å². The normalized spacial score (nSPS) is 20.2. The first kappa shape index (κ1) is 30.1. The molecule has 2 fully saturated rings. The molecular weight excluding hydrogens is 588 g/mol. The van der Waals surface area contributed by atoms with E-state index in [0.29, 0.717) is 17.6 Å². The molecule has 1 aromatic heterocycles. The maximum Gasteiger partial charge on any atom is 0.407 e. The molecular formula is C36H37F2N5O3. The van der Waals surface area contributed by atoms with E-state index in [0.717, 1.165) is 60.3 Å². The van der Waals surface area contributed by atoms with Gasteiger partial charge in [0.05, 0.1) is 24.5 Å². The fourth-order valence-electron chi connectivity index (χ4n) is 7.18. The smallest absolute Gasteiger partial charge is 0.407 e. The minimum Gasteiger partial charge on any atom is -0.487 e. The third-order valence-corrected chi connectivity index (χ3v) is 9.59. The number of hydrogen-bond donors (Lipinski definition) is 2. The Morgan fingerprint density at radius 3 is 2.33 bits per heavy atom. The zero-order chi connectivity index (χ0) is 31.6. The van der Waals surface area contributed by atoms with Gasteiger partial charge in [0, 0.05) is 24.9 Å². The lowest BCUT2D eigenvalue weighted by Gasteiger charge is -2.28. The number of ether oxygens (including phenoxy) is 2. The number of carbonyl (C=O) groups excluding carboxylic acids is 1. The average Bonchev–Trinajstić information content (AvgIpc) is 3.64. The molecule has 10 heteroatoms. The molecule has 7 rings (SSSR count). The highest BCUT2D eigenvalue weighted by Gasteiger charge is 2.38. The highest BCUT2D eigenvalue weighted by atomic mass is 19.1. The Labute approximate surface area is 267 Å². The Kier molecular flexibility index (Phi) is 8.53. The van der Waals surface area contributed by atoms with E-state index in [1.54, 1.807) is 12.4 Å². The fourth-order valence-corrected chi connectivity index (χ4v) is 7.18. The standard InChI is InChI=1S/C36H37F2N5O3/c1-22(23-12-14-39-15-13-23)46-25-17-40-35(41-18-25)43-19-31(30-16-24(37)10-11-33(30)38)34(20-43)42-36(44)45-21-32-28-8-4-2-6-26(28)27-7-3-5-9-29(27)32/h2-11,16-18,22-23,31-32,34,39H,12-15,19-21H2,1H3,(H,42,44)/t22-,31+,34-/m0/s1. The number of anilines is 1. The minimum atomic E-state index is -0.618. The van der Waals surface area contributed by atoms with Gasteiger partial charge in [0.15, 0.2) is 5.75 Å². The first-order chi connectivity index (χ1) is 22.4. The monoisotopic (exact) mass is 625 g/mol. The largest absolute Gasteiger partial charge is 0.487 e. The van der Waals surface area contributed by atoms with Gasteiger partial charge in [-0.2, -0.15) is 0 Å². The summed E-state index contributed by atoms with van der Waals surface area (Å²) in [6.45, 7) is 4.76. The first-order valence-corrected chi connectivity index (χ1v) is 16.0.